The van der Waals surface area contributed by atoms with Gasteiger partial charge >= 0.3 is 0 Å². The van der Waals surface area contributed by atoms with Gasteiger partial charge in [-0.3, -0.25) is 4.79 Å². The number of aryl methyl sites for hydroxylation is 1. The van der Waals surface area contributed by atoms with Gasteiger partial charge in [0.1, 0.15) is 5.82 Å². The van der Waals surface area contributed by atoms with Gasteiger partial charge in [-0.25, -0.2) is 12.8 Å². The van der Waals surface area contributed by atoms with E-state index >= 15 is 0 Å². The Bertz CT molecular complexity index is 941. The van der Waals surface area contributed by atoms with Crippen LogP contribution in [0.25, 0.3) is 0 Å². The summed E-state index contributed by atoms with van der Waals surface area (Å²) in [5, 5.41) is 2.72. The van der Waals surface area contributed by atoms with Crippen LogP contribution < -0.4 is 5.32 Å². The summed E-state index contributed by atoms with van der Waals surface area (Å²) in [5.41, 5.74) is 1.12. The van der Waals surface area contributed by atoms with Gasteiger partial charge in [0.05, 0.1) is 17.5 Å². The lowest BCUT2D eigenvalue weighted by atomic mass is 10.2. The molecule has 6 nitrogen and oxygen atoms in total. The van der Waals surface area contributed by atoms with Crippen molar-refractivity contribution in [2.45, 2.75) is 37.3 Å². The molecule has 2 aromatic carbocycles. The predicted octanol–water partition coefficient (Wildman–Crippen LogP) is 2.62. The number of carbonyl (C=O) groups excluding carboxylic acids is 1. The molecule has 0 aliphatic carbocycles. The Morgan fingerprint density at radius 3 is 2.59 bits per heavy atom. The number of hydrogen-bond acceptors (Lipinski definition) is 4. The number of sulfonamides is 1. The highest BCUT2D eigenvalue weighted by molar-refractivity contribution is 7.89. The minimum atomic E-state index is -3.99. The number of hydrogen-bond donors (Lipinski definition) is 1. The Hall–Kier alpha value is -2.29. The zero-order valence-electron chi connectivity index (χ0n) is 16.3. The zero-order valence-corrected chi connectivity index (χ0v) is 17.1. The van der Waals surface area contributed by atoms with Crippen molar-refractivity contribution in [3.63, 3.8) is 0 Å². The number of rotatable bonds is 8. The first-order valence-electron chi connectivity index (χ1n) is 9.55. The largest absolute Gasteiger partial charge is 0.376 e. The highest BCUT2D eigenvalue weighted by atomic mass is 32.2. The molecule has 1 saturated heterocycles. The summed E-state index contributed by atoms with van der Waals surface area (Å²) in [5.74, 6) is -0.969. The van der Waals surface area contributed by atoms with E-state index in [4.69, 9.17) is 4.74 Å². The van der Waals surface area contributed by atoms with E-state index in [0.717, 1.165) is 22.7 Å². The van der Waals surface area contributed by atoms with E-state index in [1.54, 1.807) is 18.2 Å². The second-order valence-electron chi connectivity index (χ2n) is 7.12. The molecule has 0 unspecified atom stereocenters. The van der Waals surface area contributed by atoms with Crippen LogP contribution in [0.2, 0.25) is 0 Å². The van der Waals surface area contributed by atoms with Crippen LogP contribution in [0.15, 0.2) is 53.4 Å². The number of ether oxygens (including phenoxy) is 1. The molecule has 1 atom stereocenters. The van der Waals surface area contributed by atoms with Crippen molar-refractivity contribution >= 4 is 15.9 Å². The first kappa shape index (κ1) is 21.4. The highest BCUT2D eigenvalue weighted by Gasteiger charge is 2.28. The Kier molecular flexibility index (Phi) is 7.00. The van der Waals surface area contributed by atoms with Crippen LogP contribution in [-0.2, 0) is 26.1 Å². The summed E-state index contributed by atoms with van der Waals surface area (Å²) in [6, 6.07) is 12.3. The molecule has 0 spiro atoms. The summed E-state index contributed by atoms with van der Waals surface area (Å²) >= 11 is 0. The van der Waals surface area contributed by atoms with Gasteiger partial charge in [0.2, 0.25) is 15.9 Å². The molecule has 1 amide bonds. The Balaban J connectivity index is 1.79. The standard InChI is InChI=1S/C21H25FN2O4S/c1-16-8-10-19(11-9-16)29(26,27)24(14-17-5-2-3-7-20(17)22)15-21(25)23-13-18-6-4-12-28-18/h2-3,5,7-11,18H,4,6,12-15H2,1H3,(H,23,25)/t18-/m0/s1. The molecule has 0 aromatic heterocycles. The van der Waals surface area contributed by atoms with Crippen molar-refractivity contribution in [1.82, 2.24) is 9.62 Å². The molecule has 0 bridgehead atoms. The van der Waals surface area contributed by atoms with Crippen LogP contribution in [0.1, 0.15) is 24.0 Å². The summed E-state index contributed by atoms with van der Waals surface area (Å²) in [6.07, 6.45) is 1.76. The van der Waals surface area contributed by atoms with E-state index in [-0.39, 0.29) is 23.1 Å². The number of benzene rings is 2. The number of carbonyl (C=O) groups is 1. The third-order valence-corrected chi connectivity index (χ3v) is 6.64. The summed E-state index contributed by atoms with van der Waals surface area (Å²) in [6.45, 7) is 2.21. The lowest BCUT2D eigenvalue weighted by Crippen LogP contribution is -2.42. The van der Waals surface area contributed by atoms with Crippen molar-refractivity contribution < 1.29 is 22.3 Å². The molecule has 1 fully saturated rings. The summed E-state index contributed by atoms with van der Waals surface area (Å²) < 4.78 is 46.9. The van der Waals surface area contributed by atoms with E-state index in [9.17, 15) is 17.6 Å². The van der Waals surface area contributed by atoms with Crippen molar-refractivity contribution in [1.29, 1.82) is 0 Å². The van der Waals surface area contributed by atoms with Gasteiger partial charge in [-0.2, -0.15) is 4.31 Å². The maximum absolute atomic E-state index is 14.1. The molecule has 1 aliphatic heterocycles. The van der Waals surface area contributed by atoms with E-state index < -0.39 is 28.3 Å². The maximum Gasteiger partial charge on any atom is 0.243 e. The Morgan fingerprint density at radius 2 is 1.93 bits per heavy atom. The zero-order chi connectivity index (χ0) is 20.9. The van der Waals surface area contributed by atoms with Gasteiger partial charge in [0, 0.05) is 25.3 Å². The van der Waals surface area contributed by atoms with Gasteiger partial charge < -0.3 is 10.1 Å². The topological polar surface area (TPSA) is 75.7 Å². The van der Waals surface area contributed by atoms with Crippen molar-refractivity contribution in [2.75, 3.05) is 19.7 Å². The molecule has 0 saturated carbocycles. The number of nitrogens with zero attached hydrogens (tertiary/aromatic N) is 1. The Labute approximate surface area is 170 Å². The van der Waals surface area contributed by atoms with Crippen molar-refractivity contribution in [3.8, 4) is 0 Å². The van der Waals surface area contributed by atoms with Gasteiger partial charge in [-0.15, -0.1) is 0 Å². The molecule has 1 heterocycles. The van der Waals surface area contributed by atoms with E-state index in [2.05, 4.69) is 5.32 Å². The molecule has 1 N–H and O–H groups in total. The van der Waals surface area contributed by atoms with Gasteiger partial charge in [-0.05, 0) is 38.0 Å². The minimum absolute atomic E-state index is 0.0485. The van der Waals surface area contributed by atoms with Gasteiger partial charge in [0.15, 0.2) is 0 Å². The number of nitrogens with one attached hydrogen (secondary N) is 1. The quantitative estimate of drug-likeness (QED) is 0.712. The van der Waals surface area contributed by atoms with Crippen molar-refractivity contribution in [2.24, 2.45) is 0 Å². The van der Waals surface area contributed by atoms with Crippen LogP contribution in [0, 0.1) is 12.7 Å². The monoisotopic (exact) mass is 420 g/mol. The molecule has 8 heteroatoms. The fraction of sp³-hybridized carbons (Fsp3) is 0.381. The number of halogens is 1. The average molecular weight is 421 g/mol. The summed E-state index contributed by atoms with van der Waals surface area (Å²) in [7, 11) is -3.99. The Morgan fingerprint density at radius 1 is 1.21 bits per heavy atom. The molecule has 3 rings (SSSR count). The van der Waals surface area contributed by atoms with Gasteiger partial charge in [0.25, 0.3) is 0 Å². The van der Waals surface area contributed by atoms with Gasteiger partial charge in [-0.1, -0.05) is 35.9 Å². The molecule has 29 heavy (non-hydrogen) atoms. The fourth-order valence-corrected chi connectivity index (χ4v) is 4.53. The molecule has 156 valence electrons. The summed E-state index contributed by atoms with van der Waals surface area (Å²) in [4.78, 5) is 12.5. The normalized spacial score (nSPS) is 16.9. The third-order valence-electron chi connectivity index (χ3n) is 4.83. The van der Waals surface area contributed by atoms with Crippen LogP contribution in [0.3, 0.4) is 0 Å². The highest BCUT2D eigenvalue weighted by Crippen LogP contribution is 2.20. The minimum Gasteiger partial charge on any atom is -0.376 e. The van der Waals surface area contributed by atoms with Crippen LogP contribution in [0.5, 0.6) is 0 Å². The van der Waals surface area contributed by atoms with E-state index in [1.165, 1.54) is 30.3 Å². The molecular weight excluding hydrogens is 395 g/mol. The SMILES string of the molecule is Cc1ccc(S(=O)(=O)N(CC(=O)NC[C@@H]2CCCO2)Cc2ccccc2F)cc1. The maximum atomic E-state index is 14.1. The third kappa shape index (κ3) is 5.62. The lowest BCUT2D eigenvalue weighted by molar-refractivity contribution is -0.121. The van der Waals surface area contributed by atoms with Crippen LogP contribution >= 0.6 is 0 Å². The number of amides is 1. The molecule has 2 aromatic rings. The van der Waals surface area contributed by atoms with E-state index in [1.807, 2.05) is 6.92 Å². The predicted molar refractivity (Wildman–Crippen MR) is 107 cm³/mol. The fourth-order valence-electron chi connectivity index (χ4n) is 3.15. The average Bonchev–Trinajstić information content (AvgIpc) is 3.21. The second-order valence-corrected chi connectivity index (χ2v) is 9.05. The van der Waals surface area contributed by atoms with Crippen LogP contribution in [0.4, 0.5) is 4.39 Å². The smallest absolute Gasteiger partial charge is 0.243 e. The molecule has 1 aliphatic rings. The van der Waals surface area contributed by atoms with Crippen molar-refractivity contribution in [3.05, 3.63) is 65.5 Å². The first-order chi connectivity index (χ1) is 13.9. The first-order valence-corrected chi connectivity index (χ1v) is 11.0. The lowest BCUT2D eigenvalue weighted by Gasteiger charge is -2.22. The van der Waals surface area contributed by atoms with Crippen LogP contribution in [-0.4, -0.2) is 44.4 Å². The second kappa shape index (κ2) is 9.47. The van der Waals surface area contributed by atoms with E-state index in [0.29, 0.717) is 13.2 Å². The molecular formula is C21H25FN2O4S. The molecule has 0 radical (unpaired) electrons.